The lowest BCUT2D eigenvalue weighted by Gasteiger charge is -2.49. The number of aliphatic hydroxyl groups excluding tert-OH is 1. The molecule has 30 heavy (non-hydrogen) atoms. The van der Waals surface area contributed by atoms with Gasteiger partial charge < -0.3 is 5.11 Å². The molecule has 1 fully saturated rings. The molecule has 0 saturated heterocycles. The summed E-state index contributed by atoms with van der Waals surface area (Å²) < 4.78 is 41.0. The van der Waals surface area contributed by atoms with Gasteiger partial charge in [0.1, 0.15) is 5.69 Å². The largest absolute Gasteiger partial charge is 0.433 e. The summed E-state index contributed by atoms with van der Waals surface area (Å²) in [5.41, 5.74) is -1.80. The molecule has 1 aromatic carbocycles. The second-order valence-corrected chi connectivity index (χ2v) is 8.57. The summed E-state index contributed by atoms with van der Waals surface area (Å²) in [6.07, 6.45) is -4.24. The van der Waals surface area contributed by atoms with Gasteiger partial charge in [-0.25, -0.2) is 14.3 Å². The Hall–Kier alpha value is -2.45. The third-order valence-corrected chi connectivity index (χ3v) is 6.38. The summed E-state index contributed by atoms with van der Waals surface area (Å²) in [4.78, 5) is 20.9. The van der Waals surface area contributed by atoms with Gasteiger partial charge in [0, 0.05) is 5.39 Å². The van der Waals surface area contributed by atoms with Crippen molar-refractivity contribution < 1.29 is 18.3 Å². The highest BCUT2D eigenvalue weighted by Gasteiger charge is 2.47. The van der Waals surface area contributed by atoms with Crippen molar-refractivity contribution >= 4 is 22.6 Å². The molecular formula is C21H19ClF3N3O2. The fourth-order valence-corrected chi connectivity index (χ4v) is 4.11. The van der Waals surface area contributed by atoms with Gasteiger partial charge in [0.05, 0.1) is 22.5 Å². The molecule has 2 atom stereocenters. The van der Waals surface area contributed by atoms with Crippen molar-refractivity contribution in [1.82, 2.24) is 14.5 Å². The van der Waals surface area contributed by atoms with Crippen molar-refractivity contribution in [2.45, 2.75) is 39.0 Å². The Morgan fingerprint density at radius 3 is 2.50 bits per heavy atom. The van der Waals surface area contributed by atoms with E-state index in [0.29, 0.717) is 23.9 Å². The minimum absolute atomic E-state index is 0.0426. The first kappa shape index (κ1) is 20.8. The van der Waals surface area contributed by atoms with Gasteiger partial charge >= 0.3 is 11.9 Å². The molecule has 1 saturated carbocycles. The molecule has 0 unspecified atom stereocenters. The van der Waals surface area contributed by atoms with E-state index in [1.54, 1.807) is 12.1 Å². The summed E-state index contributed by atoms with van der Waals surface area (Å²) in [6.45, 7) is 3.83. The summed E-state index contributed by atoms with van der Waals surface area (Å²) >= 11 is 6.20. The predicted molar refractivity (Wildman–Crippen MR) is 107 cm³/mol. The molecule has 0 bridgehead atoms. The first-order valence-corrected chi connectivity index (χ1v) is 9.81. The first-order valence-electron chi connectivity index (χ1n) is 9.43. The Labute approximate surface area is 175 Å². The van der Waals surface area contributed by atoms with Crippen LogP contribution in [0.5, 0.6) is 0 Å². The van der Waals surface area contributed by atoms with E-state index in [1.807, 2.05) is 13.8 Å². The summed E-state index contributed by atoms with van der Waals surface area (Å²) in [5.74, 6) is 0.0426. The van der Waals surface area contributed by atoms with Crippen molar-refractivity contribution in [3.63, 3.8) is 0 Å². The van der Waals surface area contributed by atoms with Crippen molar-refractivity contribution in [3.8, 4) is 5.69 Å². The zero-order chi connectivity index (χ0) is 21.8. The van der Waals surface area contributed by atoms with E-state index in [0.717, 1.165) is 10.6 Å². The minimum atomic E-state index is -4.67. The number of alkyl halides is 3. The predicted octanol–water partition coefficient (Wildman–Crippen LogP) is 4.40. The van der Waals surface area contributed by atoms with Crippen molar-refractivity contribution in [2.24, 2.45) is 11.3 Å². The maximum atomic E-state index is 13.3. The number of fused-ring (bicyclic) bond motifs is 1. The number of aliphatic hydroxyl groups is 1. The van der Waals surface area contributed by atoms with E-state index < -0.39 is 23.7 Å². The SMILES string of the molecule is CC1(C)[C@@H](Cc2nc(=O)n(-c3ccccc3Cl)c3nc(C(F)(F)F)ccc23)C[C@H]1O. The van der Waals surface area contributed by atoms with Gasteiger partial charge in [-0.05, 0) is 48.4 Å². The summed E-state index contributed by atoms with van der Waals surface area (Å²) in [5, 5.41) is 10.5. The number of hydrogen-bond donors (Lipinski definition) is 1. The van der Waals surface area contributed by atoms with Gasteiger partial charge in [-0.1, -0.05) is 37.6 Å². The first-order chi connectivity index (χ1) is 14.0. The molecule has 0 spiro atoms. The van der Waals surface area contributed by atoms with Crippen LogP contribution in [0, 0.1) is 11.3 Å². The summed E-state index contributed by atoms with van der Waals surface area (Å²) in [6, 6.07) is 8.52. The Balaban J connectivity index is 1.95. The number of pyridine rings is 1. The zero-order valence-corrected chi connectivity index (χ0v) is 17.0. The molecule has 1 aliphatic carbocycles. The standard InChI is InChI=1S/C21H19ClF3N3O2/c1-20(2)11(10-17(20)29)9-14-12-7-8-16(21(23,24)25)27-18(12)28(19(30)26-14)15-6-4-3-5-13(15)22/h3-8,11,17,29H,9-10H2,1-2H3/t11-,17+/m0/s1. The van der Waals surface area contributed by atoms with Crippen LogP contribution in [0.3, 0.4) is 0 Å². The lowest BCUT2D eigenvalue weighted by molar-refractivity contribution is -0.141. The Morgan fingerprint density at radius 1 is 1.20 bits per heavy atom. The van der Waals surface area contributed by atoms with Crippen LogP contribution in [0.15, 0.2) is 41.2 Å². The quantitative estimate of drug-likeness (QED) is 0.659. The molecule has 1 N–H and O–H groups in total. The van der Waals surface area contributed by atoms with Crippen LogP contribution in [-0.4, -0.2) is 25.7 Å². The highest BCUT2D eigenvalue weighted by atomic mass is 35.5. The Bertz CT molecular complexity index is 1190. The number of halogens is 4. The second kappa shape index (κ2) is 7.06. The topological polar surface area (TPSA) is 68.0 Å². The molecule has 0 aliphatic heterocycles. The van der Waals surface area contributed by atoms with E-state index >= 15 is 0 Å². The third-order valence-electron chi connectivity index (χ3n) is 6.06. The van der Waals surface area contributed by atoms with Gasteiger partial charge in [0.25, 0.3) is 0 Å². The molecule has 2 heterocycles. The number of hydrogen-bond acceptors (Lipinski definition) is 4. The average molecular weight is 438 g/mol. The van der Waals surface area contributed by atoms with Crippen molar-refractivity contribution in [1.29, 1.82) is 0 Å². The van der Waals surface area contributed by atoms with Crippen molar-refractivity contribution in [2.75, 3.05) is 0 Å². The minimum Gasteiger partial charge on any atom is -0.393 e. The highest BCUT2D eigenvalue weighted by molar-refractivity contribution is 6.32. The molecule has 0 radical (unpaired) electrons. The zero-order valence-electron chi connectivity index (χ0n) is 16.2. The Morgan fingerprint density at radius 2 is 1.90 bits per heavy atom. The molecule has 0 amide bonds. The number of nitrogens with zero attached hydrogens (tertiary/aromatic N) is 3. The highest BCUT2D eigenvalue weighted by Crippen LogP contribution is 2.48. The van der Waals surface area contributed by atoms with E-state index in [4.69, 9.17) is 11.6 Å². The van der Waals surface area contributed by atoms with Gasteiger partial charge in [-0.3, -0.25) is 0 Å². The van der Waals surface area contributed by atoms with Gasteiger partial charge in [0.15, 0.2) is 5.65 Å². The molecule has 3 aromatic rings. The smallest absolute Gasteiger partial charge is 0.393 e. The Kier molecular flexibility index (Phi) is 4.90. The van der Waals surface area contributed by atoms with Gasteiger partial charge in [-0.2, -0.15) is 18.2 Å². The van der Waals surface area contributed by atoms with Gasteiger partial charge in [-0.15, -0.1) is 0 Å². The molecule has 9 heteroatoms. The molecule has 2 aromatic heterocycles. The molecule has 5 nitrogen and oxygen atoms in total. The molecule has 158 valence electrons. The number of rotatable bonds is 3. The number of benzene rings is 1. The van der Waals surface area contributed by atoms with E-state index in [9.17, 15) is 23.1 Å². The second-order valence-electron chi connectivity index (χ2n) is 8.17. The average Bonchev–Trinajstić information content (AvgIpc) is 2.67. The lowest BCUT2D eigenvalue weighted by Crippen LogP contribution is -2.50. The monoisotopic (exact) mass is 437 g/mol. The van der Waals surface area contributed by atoms with Crippen LogP contribution in [0.25, 0.3) is 16.7 Å². The maximum Gasteiger partial charge on any atom is 0.433 e. The molecule has 1 aliphatic rings. The number of aromatic nitrogens is 3. The van der Waals surface area contributed by atoms with Crippen LogP contribution in [0.1, 0.15) is 31.7 Å². The fraction of sp³-hybridized carbons (Fsp3) is 0.381. The fourth-order valence-electron chi connectivity index (χ4n) is 3.89. The summed E-state index contributed by atoms with van der Waals surface area (Å²) in [7, 11) is 0. The van der Waals surface area contributed by atoms with Crippen LogP contribution < -0.4 is 5.69 Å². The van der Waals surface area contributed by atoms with E-state index in [1.165, 1.54) is 18.2 Å². The maximum absolute atomic E-state index is 13.3. The van der Waals surface area contributed by atoms with Crippen molar-refractivity contribution in [3.05, 3.63) is 63.3 Å². The molecule has 4 rings (SSSR count). The third kappa shape index (κ3) is 3.37. The number of para-hydroxylation sites is 1. The van der Waals surface area contributed by atoms with E-state index in [2.05, 4.69) is 9.97 Å². The van der Waals surface area contributed by atoms with E-state index in [-0.39, 0.29) is 27.7 Å². The molecular weight excluding hydrogens is 419 g/mol. The van der Waals surface area contributed by atoms with Crippen LogP contribution in [0.2, 0.25) is 5.02 Å². The van der Waals surface area contributed by atoms with Gasteiger partial charge in [0.2, 0.25) is 0 Å². The van der Waals surface area contributed by atoms with Crippen LogP contribution in [-0.2, 0) is 12.6 Å². The normalized spacial score (nSPS) is 20.9. The van der Waals surface area contributed by atoms with Crippen LogP contribution >= 0.6 is 11.6 Å². The van der Waals surface area contributed by atoms with Crippen LogP contribution in [0.4, 0.5) is 13.2 Å². The lowest BCUT2D eigenvalue weighted by atomic mass is 9.58.